The topological polar surface area (TPSA) is 116 Å². The van der Waals surface area contributed by atoms with Gasteiger partial charge in [-0.05, 0) is 12.1 Å². The highest BCUT2D eigenvalue weighted by Crippen LogP contribution is 2.28. The smallest absolute Gasteiger partial charge is 0.343 e. The zero-order chi connectivity index (χ0) is 14.7. The molecule has 2 rings (SSSR count). The number of nitrogens with zero attached hydrogens (tertiary/aromatic N) is 1. The van der Waals surface area contributed by atoms with Crippen molar-refractivity contribution < 1.29 is 24.3 Å². The van der Waals surface area contributed by atoms with Gasteiger partial charge in [0.05, 0.1) is 18.3 Å². The van der Waals surface area contributed by atoms with Gasteiger partial charge in [-0.2, -0.15) is 0 Å². The van der Waals surface area contributed by atoms with E-state index in [9.17, 15) is 9.59 Å². The fraction of sp³-hybridized carbons (Fsp3) is 0.167. The van der Waals surface area contributed by atoms with Crippen molar-refractivity contribution in [1.29, 1.82) is 0 Å². The Morgan fingerprint density at radius 1 is 1.45 bits per heavy atom. The first-order valence-electron chi connectivity index (χ1n) is 5.61. The number of esters is 1. The van der Waals surface area contributed by atoms with Crippen molar-refractivity contribution >= 4 is 28.6 Å². The summed E-state index contributed by atoms with van der Waals surface area (Å²) >= 11 is 0. The summed E-state index contributed by atoms with van der Waals surface area (Å²) in [6.07, 6.45) is 1.36. The molecule has 8 nitrogen and oxygen atoms in total. The number of methoxy groups -OCH3 is 1. The van der Waals surface area contributed by atoms with Gasteiger partial charge in [-0.1, -0.05) is 0 Å². The number of benzene rings is 1. The van der Waals surface area contributed by atoms with Gasteiger partial charge in [-0.3, -0.25) is 15.3 Å². The Labute approximate surface area is 113 Å². The van der Waals surface area contributed by atoms with Crippen LogP contribution in [0.25, 0.3) is 10.9 Å². The second kappa shape index (κ2) is 5.49. The summed E-state index contributed by atoms with van der Waals surface area (Å²) in [6.45, 7) is -0.246. The van der Waals surface area contributed by atoms with Crippen LogP contribution < -0.4 is 16.0 Å². The van der Waals surface area contributed by atoms with Crippen LogP contribution in [0.3, 0.4) is 0 Å². The Bertz CT molecular complexity index is 664. The van der Waals surface area contributed by atoms with Crippen LogP contribution in [-0.4, -0.2) is 35.5 Å². The van der Waals surface area contributed by atoms with Crippen molar-refractivity contribution in [1.82, 2.24) is 4.57 Å². The molecule has 1 aromatic heterocycles. The minimum absolute atomic E-state index is 0.246. The summed E-state index contributed by atoms with van der Waals surface area (Å²) in [5.41, 5.74) is 7.99. The molecule has 0 spiro atoms. The molecule has 0 bridgehead atoms. The third kappa shape index (κ3) is 2.50. The first kappa shape index (κ1) is 13.7. The molecule has 0 unspecified atom stereocenters. The number of hydrogen-bond donors (Lipinski definition) is 3. The normalized spacial score (nSPS) is 10.3. The molecule has 2 aromatic rings. The number of nitrogens with one attached hydrogen (secondary N) is 1. The number of hydrogen-bond acceptors (Lipinski definition) is 6. The van der Waals surface area contributed by atoms with Crippen LogP contribution in [0.1, 0.15) is 0 Å². The maximum Gasteiger partial charge on any atom is 0.343 e. The third-order valence-corrected chi connectivity index (χ3v) is 2.72. The predicted molar refractivity (Wildman–Crippen MR) is 69.8 cm³/mol. The van der Waals surface area contributed by atoms with E-state index in [-0.39, 0.29) is 6.61 Å². The molecule has 8 heteroatoms. The number of nitrogens with two attached hydrogens (primary N) is 1. The molecule has 0 saturated carbocycles. The van der Waals surface area contributed by atoms with Gasteiger partial charge in [0.25, 0.3) is 0 Å². The number of amides is 1. The monoisotopic (exact) mass is 279 g/mol. The van der Waals surface area contributed by atoms with E-state index in [0.717, 1.165) is 4.57 Å². The van der Waals surface area contributed by atoms with Crippen LogP contribution >= 0.6 is 0 Å². The molecule has 0 aliphatic rings. The number of anilines is 1. The lowest BCUT2D eigenvalue weighted by atomic mass is 10.2. The van der Waals surface area contributed by atoms with E-state index >= 15 is 0 Å². The summed E-state index contributed by atoms with van der Waals surface area (Å²) in [5.74, 6) is -0.152. The lowest BCUT2D eigenvalue weighted by Crippen LogP contribution is -2.18. The largest absolute Gasteiger partial charge is 0.482 e. The first-order chi connectivity index (χ1) is 9.56. The van der Waals surface area contributed by atoms with Crippen molar-refractivity contribution in [2.75, 3.05) is 19.2 Å². The summed E-state index contributed by atoms with van der Waals surface area (Å²) in [6, 6.07) is 4.04. The molecule has 0 atom stereocenters. The van der Waals surface area contributed by atoms with Crippen LogP contribution in [0.15, 0.2) is 24.4 Å². The highest BCUT2D eigenvalue weighted by molar-refractivity contribution is 5.99. The highest BCUT2D eigenvalue weighted by Gasteiger charge is 2.12. The lowest BCUT2D eigenvalue weighted by molar-refractivity contribution is -0.142. The summed E-state index contributed by atoms with van der Waals surface area (Å²) in [7, 11) is 1.26. The van der Waals surface area contributed by atoms with Gasteiger partial charge in [-0.15, -0.1) is 0 Å². The molecule has 0 radical (unpaired) electrons. The van der Waals surface area contributed by atoms with Gasteiger partial charge in [0.1, 0.15) is 5.75 Å². The molecule has 0 aliphatic heterocycles. The molecule has 4 N–H and O–H groups in total. The fourth-order valence-corrected chi connectivity index (χ4v) is 1.77. The quantitative estimate of drug-likeness (QED) is 0.566. The van der Waals surface area contributed by atoms with E-state index in [4.69, 9.17) is 15.7 Å². The zero-order valence-electron chi connectivity index (χ0n) is 10.6. The van der Waals surface area contributed by atoms with E-state index in [1.54, 1.807) is 12.1 Å². The van der Waals surface area contributed by atoms with Crippen molar-refractivity contribution in [3.8, 4) is 5.75 Å². The van der Waals surface area contributed by atoms with Crippen LogP contribution in [0.4, 0.5) is 10.5 Å². The minimum Gasteiger partial charge on any atom is -0.482 e. The highest BCUT2D eigenvalue weighted by atomic mass is 16.6. The van der Waals surface area contributed by atoms with E-state index in [2.05, 4.69) is 4.74 Å². The number of fused-ring (bicyclic) bond motifs is 1. The fourth-order valence-electron chi connectivity index (χ4n) is 1.77. The maximum absolute atomic E-state index is 11.3. The maximum atomic E-state index is 11.3. The Kier molecular flexibility index (Phi) is 3.76. The molecule has 1 aromatic carbocycles. The van der Waals surface area contributed by atoms with Crippen molar-refractivity contribution in [2.24, 2.45) is 5.73 Å². The van der Waals surface area contributed by atoms with Gasteiger partial charge >= 0.3 is 12.0 Å². The number of primary amides is 1. The van der Waals surface area contributed by atoms with Gasteiger partial charge in [0.15, 0.2) is 6.61 Å². The van der Waals surface area contributed by atoms with Gasteiger partial charge < -0.3 is 15.2 Å². The van der Waals surface area contributed by atoms with Gasteiger partial charge in [-0.25, -0.2) is 9.59 Å². The SMILES string of the molecule is COC(=O)COc1ccc2c(NO)cn(C(N)=O)c2c1. The van der Waals surface area contributed by atoms with E-state index in [0.29, 0.717) is 22.3 Å². The molecule has 0 aliphatic carbocycles. The Balaban J connectivity index is 2.39. The summed E-state index contributed by atoms with van der Waals surface area (Å²) in [4.78, 5) is 22.3. The van der Waals surface area contributed by atoms with Crippen LogP contribution in [0, 0.1) is 0 Å². The predicted octanol–water partition coefficient (Wildman–Crippen LogP) is 0.921. The Morgan fingerprint density at radius 2 is 2.20 bits per heavy atom. The number of ether oxygens (including phenoxy) is 2. The average molecular weight is 279 g/mol. The standard InChI is InChI=1S/C12H13N3O5/c1-19-11(16)6-20-7-2-3-8-9(14-18)5-15(12(13)17)10(8)4-7/h2-5,14,18H,6H2,1H3,(H2,13,17). The summed E-state index contributed by atoms with van der Waals surface area (Å²) < 4.78 is 10.8. The number of aromatic nitrogens is 1. The van der Waals surface area contributed by atoms with Gasteiger partial charge in [0.2, 0.25) is 0 Å². The first-order valence-corrected chi connectivity index (χ1v) is 5.61. The molecular weight excluding hydrogens is 266 g/mol. The van der Waals surface area contributed by atoms with Crippen molar-refractivity contribution in [2.45, 2.75) is 0 Å². The molecular formula is C12H13N3O5. The molecule has 106 valence electrons. The van der Waals surface area contributed by atoms with E-state index in [1.165, 1.54) is 19.4 Å². The number of carbonyl (C=O) groups excluding carboxylic acids is 2. The zero-order valence-corrected chi connectivity index (χ0v) is 10.6. The van der Waals surface area contributed by atoms with Gasteiger partial charge in [0, 0.05) is 17.6 Å². The van der Waals surface area contributed by atoms with Crippen molar-refractivity contribution in [3.05, 3.63) is 24.4 Å². The second-order valence-corrected chi connectivity index (χ2v) is 3.91. The molecule has 0 fully saturated rings. The number of carbonyl (C=O) groups is 2. The average Bonchev–Trinajstić information content (AvgIpc) is 2.82. The Morgan fingerprint density at radius 3 is 2.80 bits per heavy atom. The summed E-state index contributed by atoms with van der Waals surface area (Å²) in [5, 5.41) is 9.58. The van der Waals surface area contributed by atoms with Crippen molar-refractivity contribution in [3.63, 3.8) is 0 Å². The second-order valence-electron chi connectivity index (χ2n) is 3.91. The minimum atomic E-state index is -0.707. The molecule has 1 heterocycles. The van der Waals surface area contributed by atoms with Crippen LogP contribution in [0.2, 0.25) is 0 Å². The third-order valence-electron chi connectivity index (χ3n) is 2.72. The van der Waals surface area contributed by atoms with Crippen LogP contribution in [-0.2, 0) is 9.53 Å². The molecule has 0 saturated heterocycles. The Hall–Kier alpha value is -2.74. The lowest BCUT2D eigenvalue weighted by Gasteiger charge is -2.06. The van der Waals surface area contributed by atoms with E-state index in [1.807, 2.05) is 5.48 Å². The molecule has 1 amide bonds. The number of rotatable bonds is 4. The molecule has 20 heavy (non-hydrogen) atoms. The van der Waals surface area contributed by atoms with E-state index < -0.39 is 12.0 Å². The van der Waals surface area contributed by atoms with Crippen LogP contribution in [0.5, 0.6) is 5.75 Å².